The van der Waals surface area contributed by atoms with E-state index in [1.54, 1.807) is 16.1 Å². The van der Waals surface area contributed by atoms with Crippen molar-refractivity contribution >= 4 is 12.4 Å². The van der Waals surface area contributed by atoms with Gasteiger partial charge in [0.15, 0.2) is 0 Å². The fourth-order valence-corrected chi connectivity index (χ4v) is 3.99. The van der Waals surface area contributed by atoms with Crippen molar-refractivity contribution in [3.8, 4) is 0 Å². The van der Waals surface area contributed by atoms with E-state index in [0.29, 0.717) is 25.2 Å². The zero-order valence-corrected chi connectivity index (χ0v) is 15.4. The Hall–Kier alpha value is -2.15. The third kappa shape index (κ3) is 4.52. The normalized spacial score (nSPS) is 25.3. The Kier molecular flexibility index (Phi) is 6.97. The first-order chi connectivity index (χ1) is 12.4. The lowest BCUT2D eigenvalue weighted by Gasteiger charge is -2.43. The molecule has 0 aliphatic heterocycles. The lowest BCUT2D eigenvalue weighted by Crippen LogP contribution is -2.49. The molecule has 1 heterocycles. The summed E-state index contributed by atoms with van der Waals surface area (Å²) in [5, 5.41) is 8.76. The van der Waals surface area contributed by atoms with Crippen molar-refractivity contribution in [2.45, 2.75) is 63.8 Å². The van der Waals surface area contributed by atoms with Gasteiger partial charge >= 0.3 is 0 Å². The summed E-state index contributed by atoms with van der Waals surface area (Å²) in [6.07, 6.45) is 9.23. The third-order valence-electron chi connectivity index (χ3n) is 5.56. The van der Waals surface area contributed by atoms with Crippen LogP contribution in [-0.4, -0.2) is 29.3 Å². The highest BCUT2D eigenvalue weighted by Gasteiger charge is 2.47. The number of nitrogens with zero attached hydrogens (tertiary/aromatic N) is 1. The molecule has 0 bridgehead atoms. The smallest absolute Gasteiger partial charge is 0.292 e. The van der Waals surface area contributed by atoms with E-state index in [-0.39, 0.29) is 17.5 Å². The topological polar surface area (TPSA) is 97.6 Å². The Morgan fingerprint density at radius 2 is 1.96 bits per heavy atom. The molecule has 0 atom stereocenters. The van der Waals surface area contributed by atoms with Gasteiger partial charge in [-0.05, 0) is 43.2 Å². The fourth-order valence-electron chi connectivity index (χ4n) is 3.99. The van der Waals surface area contributed by atoms with Crippen molar-refractivity contribution in [3.63, 3.8) is 0 Å². The maximum atomic E-state index is 12.4. The van der Waals surface area contributed by atoms with E-state index in [4.69, 9.17) is 10.0 Å². The Labute approximate surface area is 153 Å². The summed E-state index contributed by atoms with van der Waals surface area (Å²) in [6.45, 7) is 2.19. The quantitative estimate of drug-likeness (QED) is 0.486. The van der Waals surface area contributed by atoms with Gasteiger partial charge in [-0.1, -0.05) is 26.2 Å². The molecule has 0 radical (unpaired) electrons. The Morgan fingerprint density at radius 1 is 1.35 bits per heavy atom. The highest BCUT2D eigenvalue weighted by atomic mass is 16.5. The molecule has 2 N–H and O–H groups in total. The molecule has 2 saturated carbocycles. The molecule has 2 fully saturated rings. The van der Waals surface area contributed by atoms with E-state index in [1.165, 1.54) is 39.2 Å². The average molecular weight is 364 g/mol. The summed E-state index contributed by atoms with van der Waals surface area (Å²) in [6, 6.07) is 3.90. The zero-order valence-electron chi connectivity index (χ0n) is 15.4. The zero-order chi connectivity index (χ0) is 19.2. The predicted molar refractivity (Wildman–Crippen MR) is 95.9 cm³/mol. The molecule has 2 aliphatic carbocycles. The van der Waals surface area contributed by atoms with Crippen molar-refractivity contribution in [1.29, 1.82) is 0 Å². The number of hydrogen-bond donors (Lipinski definition) is 2. The minimum absolute atomic E-state index is 0.0273. The number of ether oxygens (including phenoxy) is 1. The second-order valence-electron chi connectivity index (χ2n) is 7.44. The number of methoxy groups -OCH3 is 1. The molecule has 7 heteroatoms. The Morgan fingerprint density at radius 3 is 2.46 bits per heavy atom. The van der Waals surface area contributed by atoms with Crippen molar-refractivity contribution in [1.82, 2.24) is 10.0 Å². The van der Waals surface area contributed by atoms with Gasteiger partial charge in [0.05, 0.1) is 12.5 Å². The maximum Gasteiger partial charge on any atom is 0.292 e. The lowest BCUT2D eigenvalue weighted by atomic mass is 9.66. The number of hydrogen-bond acceptors (Lipinski definition) is 5. The number of hydroxylamine groups is 1. The molecule has 1 aromatic heterocycles. The van der Waals surface area contributed by atoms with Crippen LogP contribution in [-0.2, 0) is 14.3 Å². The molecule has 0 spiro atoms. The first-order valence-electron chi connectivity index (χ1n) is 9.08. The molecule has 0 unspecified atom stereocenters. The maximum absolute atomic E-state index is 12.4. The third-order valence-corrected chi connectivity index (χ3v) is 5.56. The second kappa shape index (κ2) is 8.98. The van der Waals surface area contributed by atoms with Crippen LogP contribution in [0, 0.1) is 5.41 Å². The van der Waals surface area contributed by atoms with Gasteiger partial charge < -0.3 is 9.30 Å². The van der Waals surface area contributed by atoms with Gasteiger partial charge in [0.25, 0.3) is 12.0 Å². The van der Waals surface area contributed by atoms with Gasteiger partial charge in [-0.3, -0.25) is 19.6 Å². The van der Waals surface area contributed by atoms with E-state index in [9.17, 15) is 9.59 Å². The van der Waals surface area contributed by atoms with Gasteiger partial charge in [-0.15, -0.1) is 0 Å². The van der Waals surface area contributed by atoms with Crippen LogP contribution in [0.15, 0.2) is 23.1 Å². The first-order valence-corrected chi connectivity index (χ1v) is 9.08. The molecule has 0 aromatic carbocycles. The van der Waals surface area contributed by atoms with Crippen LogP contribution in [0.4, 0.5) is 0 Å². The van der Waals surface area contributed by atoms with Gasteiger partial charge in [-0.2, -0.15) is 0 Å². The molecular weight excluding hydrogens is 336 g/mol. The lowest BCUT2D eigenvalue weighted by molar-refractivity contribution is -0.146. The molecule has 1 amide bonds. The second-order valence-corrected chi connectivity index (χ2v) is 7.44. The summed E-state index contributed by atoms with van der Waals surface area (Å²) < 4.78 is 5.60. The van der Waals surface area contributed by atoms with Gasteiger partial charge in [0.2, 0.25) is 5.91 Å². The summed E-state index contributed by atoms with van der Waals surface area (Å²) in [5.74, 6) is 0.165. The molecule has 0 saturated heterocycles. The molecule has 1 aromatic rings. The summed E-state index contributed by atoms with van der Waals surface area (Å²) in [5.41, 5.74) is 2.34. The number of rotatable bonds is 4. The van der Waals surface area contributed by atoms with Crippen LogP contribution < -0.4 is 11.0 Å². The van der Waals surface area contributed by atoms with Crippen LogP contribution in [0.2, 0.25) is 0 Å². The first kappa shape index (κ1) is 20.2. The Bertz CT molecular complexity index is 673. The SMILES string of the molecule is CC1(C(=O)NO)CC(n2ccc(C3CCCCC3)cc2=O)C1.COC=O. The molecule has 3 rings (SSSR count). The average Bonchev–Trinajstić information content (AvgIpc) is 2.66. The molecule has 7 nitrogen and oxygen atoms in total. The minimum Gasteiger partial charge on any atom is -0.471 e. The standard InChI is InChI=1S/C17H24N2O3.C2H4O2/c1-17(16(21)18-22)10-14(11-17)19-8-7-13(9-15(19)20)12-5-3-2-4-6-12;1-4-2-3/h7-9,12,14,22H,2-6,10-11H2,1H3,(H,18,21);2H,1H3. The molecular formula is C19H28N2O5. The van der Waals surface area contributed by atoms with E-state index in [1.807, 2.05) is 13.1 Å². The number of aromatic nitrogens is 1. The fraction of sp³-hybridized carbons (Fsp3) is 0.632. The van der Waals surface area contributed by atoms with E-state index in [2.05, 4.69) is 10.8 Å². The summed E-state index contributed by atoms with van der Waals surface area (Å²) in [7, 11) is 1.31. The highest BCUT2D eigenvalue weighted by molar-refractivity contribution is 5.82. The van der Waals surface area contributed by atoms with Crippen LogP contribution in [0.3, 0.4) is 0 Å². The van der Waals surface area contributed by atoms with Crippen molar-refractivity contribution in [2.75, 3.05) is 7.11 Å². The van der Waals surface area contributed by atoms with Crippen molar-refractivity contribution < 1.29 is 19.5 Å². The highest BCUT2D eigenvalue weighted by Crippen LogP contribution is 2.47. The Balaban J connectivity index is 0.000000552. The summed E-state index contributed by atoms with van der Waals surface area (Å²) in [4.78, 5) is 32.9. The summed E-state index contributed by atoms with van der Waals surface area (Å²) >= 11 is 0. The molecule has 2 aliphatic rings. The predicted octanol–water partition coefficient (Wildman–Crippen LogP) is 2.53. The van der Waals surface area contributed by atoms with Crippen LogP contribution in [0.5, 0.6) is 0 Å². The van der Waals surface area contributed by atoms with Crippen LogP contribution >= 0.6 is 0 Å². The van der Waals surface area contributed by atoms with E-state index >= 15 is 0 Å². The minimum atomic E-state index is -0.569. The van der Waals surface area contributed by atoms with Gasteiger partial charge in [-0.25, -0.2) is 5.48 Å². The van der Waals surface area contributed by atoms with Crippen LogP contribution in [0.1, 0.15) is 69.4 Å². The van der Waals surface area contributed by atoms with Crippen molar-refractivity contribution in [2.24, 2.45) is 5.41 Å². The molecule has 144 valence electrons. The molecule has 26 heavy (non-hydrogen) atoms. The largest absolute Gasteiger partial charge is 0.471 e. The number of nitrogens with one attached hydrogen (secondary N) is 1. The van der Waals surface area contributed by atoms with Gasteiger partial charge in [0.1, 0.15) is 0 Å². The number of carbonyl (C=O) groups is 2. The van der Waals surface area contributed by atoms with Gasteiger partial charge in [0, 0.05) is 18.3 Å². The number of pyridine rings is 1. The van der Waals surface area contributed by atoms with E-state index < -0.39 is 5.41 Å². The van der Waals surface area contributed by atoms with Crippen LogP contribution in [0.25, 0.3) is 0 Å². The monoisotopic (exact) mass is 364 g/mol. The van der Waals surface area contributed by atoms with Crippen molar-refractivity contribution in [3.05, 3.63) is 34.2 Å². The number of amides is 1. The van der Waals surface area contributed by atoms with E-state index in [0.717, 1.165) is 5.56 Å². The number of carbonyl (C=O) groups excluding carboxylic acids is 2.